The first-order valence-corrected chi connectivity index (χ1v) is 4.89. The average Bonchev–Trinajstić information content (AvgIpc) is 2.72. The summed E-state index contributed by atoms with van der Waals surface area (Å²) in [7, 11) is 1.60. The second-order valence-corrected chi connectivity index (χ2v) is 3.23. The summed E-state index contributed by atoms with van der Waals surface area (Å²) in [5.41, 5.74) is 0.805. The van der Waals surface area contributed by atoms with Crippen LogP contribution >= 0.6 is 0 Å². The second-order valence-electron chi connectivity index (χ2n) is 3.23. The van der Waals surface area contributed by atoms with E-state index in [1.807, 2.05) is 24.3 Å². The standard InChI is InChI=1S/C12H11NO3/c1-15-11-4-2-3-10(9-11)5-6-13-7-8-16-12(13)14/h2-4,9H,7-8H2,1H3. The first-order valence-electron chi connectivity index (χ1n) is 4.89. The molecule has 0 atom stereocenters. The van der Waals surface area contributed by atoms with Crippen LogP contribution in [0.25, 0.3) is 0 Å². The number of hydrogen-bond acceptors (Lipinski definition) is 3. The zero-order valence-electron chi connectivity index (χ0n) is 8.90. The molecule has 1 aliphatic rings. The third-order valence-corrected chi connectivity index (χ3v) is 2.17. The number of rotatable bonds is 1. The van der Waals surface area contributed by atoms with Gasteiger partial charge in [-0.25, -0.2) is 9.69 Å². The molecular weight excluding hydrogens is 206 g/mol. The summed E-state index contributed by atoms with van der Waals surface area (Å²) < 4.78 is 9.83. The molecule has 0 radical (unpaired) electrons. The Morgan fingerprint density at radius 1 is 1.50 bits per heavy atom. The van der Waals surface area contributed by atoms with Gasteiger partial charge in [0.2, 0.25) is 0 Å². The Morgan fingerprint density at radius 3 is 3.06 bits per heavy atom. The summed E-state index contributed by atoms with van der Waals surface area (Å²) in [4.78, 5) is 12.5. The Bertz CT molecular complexity index is 459. The predicted octanol–water partition coefficient (Wildman–Crippen LogP) is 1.46. The van der Waals surface area contributed by atoms with Crippen LogP contribution in [0.2, 0.25) is 0 Å². The Kier molecular flexibility index (Phi) is 2.97. The predicted molar refractivity (Wildman–Crippen MR) is 57.9 cm³/mol. The maximum absolute atomic E-state index is 11.1. The number of cyclic esters (lactones) is 1. The number of hydrogen-bond donors (Lipinski definition) is 0. The molecule has 82 valence electrons. The van der Waals surface area contributed by atoms with Gasteiger partial charge in [0.05, 0.1) is 13.7 Å². The highest BCUT2D eigenvalue weighted by Crippen LogP contribution is 2.11. The summed E-state index contributed by atoms with van der Waals surface area (Å²) >= 11 is 0. The van der Waals surface area contributed by atoms with E-state index in [0.29, 0.717) is 13.2 Å². The topological polar surface area (TPSA) is 38.8 Å². The second kappa shape index (κ2) is 4.58. The van der Waals surface area contributed by atoms with E-state index in [4.69, 9.17) is 9.47 Å². The molecule has 1 heterocycles. The fourth-order valence-electron chi connectivity index (χ4n) is 1.33. The number of benzene rings is 1. The van der Waals surface area contributed by atoms with Crippen LogP contribution in [0.3, 0.4) is 0 Å². The van der Waals surface area contributed by atoms with Crippen molar-refractivity contribution in [3.8, 4) is 17.7 Å². The minimum atomic E-state index is -0.379. The van der Waals surface area contributed by atoms with Crippen molar-refractivity contribution in [1.82, 2.24) is 4.90 Å². The Balaban J connectivity index is 2.13. The van der Waals surface area contributed by atoms with Crippen molar-refractivity contribution in [3.63, 3.8) is 0 Å². The highest BCUT2D eigenvalue weighted by molar-refractivity contribution is 5.71. The van der Waals surface area contributed by atoms with Crippen LogP contribution in [0.15, 0.2) is 24.3 Å². The summed E-state index contributed by atoms with van der Waals surface area (Å²) in [6, 6.07) is 10.1. The van der Waals surface area contributed by atoms with Crippen LogP contribution in [0, 0.1) is 12.0 Å². The number of carbonyl (C=O) groups excluding carboxylic acids is 1. The Morgan fingerprint density at radius 2 is 2.38 bits per heavy atom. The maximum atomic E-state index is 11.1. The van der Waals surface area contributed by atoms with Crippen molar-refractivity contribution in [1.29, 1.82) is 0 Å². The zero-order valence-corrected chi connectivity index (χ0v) is 8.90. The third-order valence-electron chi connectivity index (χ3n) is 2.17. The molecule has 4 nitrogen and oxygen atoms in total. The van der Waals surface area contributed by atoms with Crippen molar-refractivity contribution in [3.05, 3.63) is 29.8 Å². The lowest BCUT2D eigenvalue weighted by Crippen LogP contribution is -2.17. The summed E-state index contributed by atoms with van der Waals surface area (Å²) in [5, 5.41) is 0. The Labute approximate surface area is 93.8 Å². The molecule has 1 saturated heterocycles. The van der Waals surface area contributed by atoms with Crippen molar-refractivity contribution in [2.75, 3.05) is 20.3 Å². The molecule has 2 rings (SSSR count). The number of nitrogens with zero attached hydrogens (tertiary/aromatic N) is 1. The molecule has 0 aliphatic carbocycles. The minimum Gasteiger partial charge on any atom is -0.497 e. The molecule has 1 aromatic rings. The molecule has 1 aliphatic heterocycles. The van der Waals surface area contributed by atoms with Crippen molar-refractivity contribution < 1.29 is 14.3 Å². The van der Waals surface area contributed by atoms with E-state index in [0.717, 1.165) is 11.3 Å². The first kappa shape index (κ1) is 10.4. The largest absolute Gasteiger partial charge is 0.497 e. The van der Waals surface area contributed by atoms with Gasteiger partial charge >= 0.3 is 6.09 Å². The lowest BCUT2D eigenvalue weighted by Gasteiger charge is -2.01. The monoisotopic (exact) mass is 217 g/mol. The maximum Gasteiger partial charge on any atom is 0.421 e. The summed E-state index contributed by atoms with van der Waals surface area (Å²) in [6.45, 7) is 0.932. The lowest BCUT2D eigenvalue weighted by atomic mass is 10.2. The van der Waals surface area contributed by atoms with E-state index in [9.17, 15) is 4.79 Å². The Hall–Kier alpha value is -2.15. The molecule has 1 amide bonds. The molecule has 0 unspecified atom stereocenters. The van der Waals surface area contributed by atoms with Gasteiger partial charge in [-0.3, -0.25) is 0 Å². The van der Waals surface area contributed by atoms with E-state index in [1.54, 1.807) is 7.11 Å². The summed E-state index contributed by atoms with van der Waals surface area (Å²) in [6.07, 6.45) is -0.379. The molecule has 16 heavy (non-hydrogen) atoms. The van der Waals surface area contributed by atoms with Gasteiger partial charge in [-0.1, -0.05) is 6.07 Å². The van der Waals surface area contributed by atoms with Crippen LogP contribution in [-0.4, -0.2) is 31.3 Å². The fraction of sp³-hybridized carbons (Fsp3) is 0.250. The molecule has 0 saturated carbocycles. The van der Waals surface area contributed by atoms with Crippen molar-refractivity contribution in [2.24, 2.45) is 0 Å². The molecule has 1 fully saturated rings. The normalized spacial score (nSPS) is 14.1. The summed E-state index contributed by atoms with van der Waals surface area (Å²) in [5.74, 6) is 3.63. The van der Waals surface area contributed by atoms with E-state index < -0.39 is 0 Å². The molecule has 1 aromatic carbocycles. The van der Waals surface area contributed by atoms with E-state index >= 15 is 0 Å². The third kappa shape index (κ3) is 2.26. The van der Waals surface area contributed by atoms with Gasteiger partial charge in [0, 0.05) is 11.6 Å². The number of methoxy groups -OCH3 is 1. The van der Waals surface area contributed by atoms with E-state index in [2.05, 4.69) is 12.0 Å². The molecule has 0 aromatic heterocycles. The molecule has 4 heteroatoms. The molecular formula is C12H11NO3. The van der Waals surface area contributed by atoms with Crippen LogP contribution < -0.4 is 4.74 Å². The SMILES string of the molecule is COc1cccc(C#CN2CCOC2=O)c1. The van der Waals surface area contributed by atoms with Gasteiger partial charge < -0.3 is 9.47 Å². The van der Waals surface area contributed by atoms with Crippen LogP contribution in [0.4, 0.5) is 4.79 Å². The van der Waals surface area contributed by atoms with Crippen LogP contribution in [0.1, 0.15) is 5.56 Å². The van der Waals surface area contributed by atoms with Gasteiger partial charge in [0.25, 0.3) is 0 Å². The highest BCUT2D eigenvalue weighted by atomic mass is 16.6. The molecule has 0 spiro atoms. The zero-order chi connectivity index (χ0) is 11.4. The number of amides is 1. The van der Waals surface area contributed by atoms with Crippen LogP contribution in [-0.2, 0) is 4.74 Å². The van der Waals surface area contributed by atoms with Gasteiger partial charge in [0.1, 0.15) is 12.4 Å². The van der Waals surface area contributed by atoms with E-state index in [-0.39, 0.29) is 6.09 Å². The lowest BCUT2D eigenvalue weighted by molar-refractivity contribution is 0.167. The van der Waals surface area contributed by atoms with Gasteiger partial charge in [-0.15, -0.1) is 0 Å². The molecule has 0 N–H and O–H groups in total. The van der Waals surface area contributed by atoms with Crippen molar-refractivity contribution in [2.45, 2.75) is 0 Å². The highest BCUT2D eigenvalue weighted by Gasteiger charge is 2.19. The smallest absolute Gasteiger partial charge is 0.421 e. The average molecular weight is 217 g/mol. The van der Waals surface area contributed by atoms with Gasteiger partial charge in [-0.05, 0) is 24.1 Å². The van der Waals surface area contributed by atoms with Crippen molar-refractivity contribution >= 4 is 6.09 Å². The fourth-order valence-corrected chi connectivity index (χ4v) is 1.33. The quantitative estimate of drug-likeness (QED) is 0.668. The number of carbonyl (C=O) groups is 1. The van der Waals surface area contributed by atoms with E-state index in [1.165, 1.54) is 4.90 Å². The minimum absolute atomic E-state index is 0.379. The van der Waals surface area contributed by atoms with Gasteiger partial charge in [-0.2, -0.15) is 0 Å². The number of ether oxygens (including phenoxy) is 2. The first-order chi connectivity index (χ1) is 7.79. The van der Waals surface area contributed by atoms with Crippen LogP contribution in [0.5, 0.6) is 5.75 Å². The van der Waals surface area contributed by atoms with Gasteiger partial charge in [0.15, 0.2) is 0 Å². The molecule has 0 bridgehead atoms.